The second-order valence-corrected chi connectivity index (χ2v) is 3.07. The third-order valence-corrected chi connectivity index (χ3v) is 1.64. The summed E-state index contributed by atoms with van der Waals surface area (Å²) < 4.78 is 4.84. The maximum Gasteiger partial charge on any atom is 0.234 e. The van der Waals surface area contributed by atoms with Crippen LogP contribution in [0.15, 0.2) is 0 Å². The van der Waals surface area contributed by atoms with Crippen LogP contribution in [0.1, 0.15) is 13.8 Å². The van der Waals surface area contributed by atoms with Crippen LogP contribution in [0.25, 0.3) is 0 Å². The summed E-state index contributed by atoms with van der Waals surface area (Å²) in [6.07, 6.45) is 0. The minimum Gasteiger partial charge on any atom is -0.383 e. The zero-order chi connectivity index (χ0) is 9.56. The van der Waals surface area contributed by atoms with Gasteiger partial charge in [0.25, 0.3) is 0 Å². The summed E-state index contributed by atoms with van der Waals surface area (Å²) in [7, 11) is 1.62. The summed E-state index contributed by atoms with van der Waals surface area (Å²) in [6, 6.07) is -0.250. The number of carbonyl (C=O) groups excluding carboxylic acids is 1. The standard InChI is InChI=1S/C8H18N2O2/c1-6(2)7(8(9)11)10-4-5-12-3/h6-7,10H,4-5H2,1-3H3,(H2,9,11). The number of hydrogen-bond donors (Lipinski definition) is 2. The molecule has 72 valence electrons. The molecule has 0 saturated heterocycles. The van der Waals surface area contributed by atoms with Crippen LogP contribution in [0.5, 0.6) is 0 Å². The first-order chi connectivity index (χ1) is 5.59. The van der Waals surface area contributed by atoms with E-state index >= 15 is 0 Å². The lowest BCUT2D eigenvalue weighted by Crippen LogP contribution is -2.46. The summed E-state index contributed by atoms with van der Waals surface area (Å²) in [4.78, 5) is 10.9. The molecule has 0 aromatic carbocycles. The molecule has 1 amide bonds. The molecule has 0 radical (unpaired) electrons. The van der Waals surface area contributed by atoms with Gasteiger partial charge in [-0.25, -0.2) is 0 Å². The van der Waals surface area contributed by atoms with Gasteiger partial charge in [-0.1, -0.05) is 13.8 Å². The highest BCUT2D eigenvalue weighted by atomic mass is 16.5. The van der Waals surface area contributed by atoms with Crippen LogP contribution < -0.4 is 11.1 Å². The quantitative estimate of drug-likeness (QED) is 0.545. The molecule has 0 fully saturated rings. The number of carbonyl (C=O) groups is 1. The number of hydrogen-bond acceptors (Lipinski definition) is 3. The summed E-state index contributed by atoms with van der Waals surface area (Å²) in [5, 5.41) is 3.02. The normalized spacial score (nSPS) is 13.3. The van der Waals surface area contributed by atoms with Gasteiger partial charge in [-0.15, -0.1) is 0 Å². The number of rotatable bonds is 6. The van der Waals surface area contributed by atoms with Gasteiger partial charge in [-0.3, -0.25) is 4.79 Å². The van der Waals surface area contributed by atoms with Gasteiger partial charge in [-0.2, -0.15) is 0 Å². The first kappa shape index (κ1) is 11.4. The van der Waals surface area contributed by atoms with E-state index in [4.69, 9.17) is 10.5 Å². The predicted octanol–water partition coefficient (Wildman–Crippen LogP) is -0.268. The monoisotopic (exact) mass is 174 g/mol. The average molecular weight is 174 g/mol. The number of nitrogens with one attached hydrogen (secondary N) is 1. The highest BCUT2D eigenvalue weighted by Gasteiger charge is 2.17. The van der Waals surface area contributed by atoms with Gasteiger partial charge in [0.15, 0.2) is 0 Å². The van der Waals surface area contributed by atoms with E-state index < -0.39 is 0 Å². The minimum atomic E-state index is -0.305. The third-order valence-electron chi connectivity index (χ3n) is 1.64. The lowest BCUT2D eigenvalue weighted by molar-refractivity contribution is -0.121. The van der Waals surface area contributed by atoms with Crippen molar-refractivity contribution in [3.63, 3.8) is 0 Å². The zero-order valence-corrected chi connectivity index (χ0v) is 7.96. The molecule has 0 rings (SSSR count). The van der Waals surface area contributed by atoms with Crippen molar-refractivity contribution in [2.45, 2.75) is 19.9 Å². The van der Waals surface area contributed by atoms with Crippen LogP contribution in [0.2, 0.25) is 0 Å². The third kappa shape index (κ3) is 4.31. The van der Waals surface area contributed by atoms with E-state index in [1.807, 2.05) is 13.8 Å². The van der Waals surface area contributed by atoms with Crippen molar-refractivity contribution in [1.29, 1.82) is 0 Å². The van der Waals surface area contributed by atoms with Crippen molar-refractivity contribution >= 4 is 5.91 Å². The maximum atomic E-state index is 10.9. The molecule has 4 nitrogen and oxygen atoms in total. The van der Waals surface area contributed by atoms with E-state index in [1.165, 1.54) is 0 Å². The molecule has 0 aliphatic carbocycles. The first-order valence-corrected chi connectivity index (χ1v) is 4.11. The number of primary amides is 1. The fourth-order valence-electron chi connectivity index (χ4n) is 0.981. The molecular formula is C8H18N2O2. The summed E-state index contributed by atoms with van der Waals surface area (Å²) in [5.41, 5.74) is 5.18. The SMILES string of the molecule is COCCNC(C(N)=O)C(C)C. The van der Waals surface area contributed by atoms with E-state index in [-0.39, 0.29) is 17.9 Å². The maximum absolute atomic E-state index is 10.9. The van der Waals surface area contributed by atoms with Crippen molar-refractivity contribution in [3.8, 4) is 0 Å². The Morgan fingerprint density at radius 1 is 1.58 bits per heavy atom. The van der Waals surface area contributed by atoms with E-state index in [0.717, 1.165) is 0 Å². The Hall–Kier alpha value is -0.610. The van der Waals surface area contributed by atoms with Gasteiger partial charge in [-0.05, 0) is 5.92 Å². The molecule has 0 aliphatic rings. The van der Waals surface area contributed by atoms with Gasteiger partial charge in [0.2, 0.25) is 5.91 Å². The van der Waals surface area contributed by atoms with Gasteiger partial charge >= 0.3 is 0 Å². The molecule has 0 aliphatic heterocycles. The molecule has 4 heteroatoms. The molecule has 1 atom stereocenters. The van der Waals surface area contributed by atoms with Gasteiger partial charge in [0.1, 0.15) is 0 Å². The number of nitrogens with two attached hydrogens (primary N) is 1. The Morgan fingerprint density at radius 3 is 2.50 bits per heavy atom. The molecule has 0 heterocycles. The minimum absolute atomic E-state index is 0.222. The Bertz CT molecular complexity index is 137. The largest absolute Gasteiger partial charge is 0.383 e. The van der Waals surface area contributed by atoms with Crippen molar-refractivity contribution in [1.82, 2.24) is 5.32 Å². The second kappa shape index (κ2) is 5.97. The summed E-state index contributed by atoms with van der Waals surface area (Å²) >= 11 is 0. The van der Waals surface area contributed by atoms with E-state index in [2.05, 4.69) is 5.32 Å². The van der Waals surface area contributed by atoms with Crippen LogP contribution in [0.4, 0.5) is 0 Å². The number of ether oxygens (including phenoxy) is 1. The molecule has 0 spiro atoms. The smallest absolute Gasteiger partial charge is 0.234 e. The van der Waals surface area contributed by atoms with E-state index in [0.29, 0.717) is 13.2 Å². The van der Waals surface area contributed by atoms with Crippen molar-refractivity contribution < 1.29 is 9.53 Å². The molecule has 0 bridgehead atoms. The van der Waals surface area contributed by atoms with Gasteiger partial charge in [0, 0.05) is 13.7 Å². The highest BCUT2D eigenvalue weighted by molar-refractivity contribution is 5.80. The van der Waals surface area contributed by atoms with Crippen molar-refractivity contribution in [2.75, 3.05) is 20.3 Å². The molecule has 3 N–H and O–H groups in total. The number of methoxy groups -OCH3 is 1. The molecule has 1 unspecified atom stereocenters. The van der Waals surface area contributed by atoms with Crippen molar-refractivity contribution in [2.24, 2.45) is 11.7 Å². The fraction of sp³-hybridized carbons (Fsp3) is 0.875. The molecule has 0 aromatic rings. The summed E-state index contributed by atoms with van der Waals surface area (Å²) in [5.74, 6) is -0.0829. The fourth-order valence-corrected chi connectivity index (χ4v) is 0.981. The van der Waals surface area contributed by atoms with Crippen LogP contribution in [-0.2, 0) is 9.53 Å². The van der Waals surface area contributed by atoms with Crippen LogP contribution >= 0.6 is 0 Å². The molecular weight excluding hydrogens is 156 g/mol. The summed E-state index contributed by atoms with van der Waals surface area (Å²) in [6.45, 7) is 5.16. The van der Waals surface area contributed by atoms with E-state index in [1.54, 1.807) is 7.11 Å². The Kier molecular flexibility index (Phi) is 5.66. The molecule has 0 saturated carbocycles. The Labute approximate surface area is 73.5 Å². The lowest BCUT2D eigenvalue weighted by atomic mass is 10.0. The van der Waals surface area contributed by atoms with Crippen LogP contribution in [0.3, 0.4) is 0 Å². The van der Waals surface area contributed by atoms with E-state index in [9.17, 15) is 4.79 Å². The lowest BCUT2D eigenvalue weighted by Gasteiger charge is -2.18. The van der Waals surface area contributed by atoms with Crippen molar-refractivity contribution in [3.05, 3.63) is 0 Å². The van der Waals surface area contributed by atoms with Gasteiger partial charge in [0.05, 0.1) is 12.6 Å². The highest BCUT2D eigenvalue weighted by Crippen LogP contribution is 1.99. The average Bonchev–Trinajstić information content (AvgIpc) is 1.96. The Morgan fingerprint density at radius 2 is 2.17 bits per heavy atom. The topological polar surface area (TPSA) is 64.3 Å². The number of amides is 1. The molecule has 0 aromatic heterocycles. The van der Waals surface area contributed by atoms with Crippen LogP contribution in [0, 0.1) is 5.92 Å². The Balaban J connectivity index is 3.72. The second-order valence-electron chi connectivity index (χ2n) is 3.07. The van der Waals surface area contributed by atoms with Gasteiger partial charge < -0.3 is 15.8 Å². The predicted molar refractivity (Wildman–Crippen MR) is 47.7 cm³/mol. The first-order valence-electron chi connectivity index (χ1n) is 4.11. The van der Waals surface area contributed by atoms with Crippen LogP contribution in [-0.4, -0.2) is 32.2 Å². The zero-order valence-electron chi connectivity index (χ0n) is 7.96. The molecule has 12 heavy (non-hydrogen) atoms.